The van der Waals surface area contributed by atoms with Crippen molar-refractivity contribution in [2.45, 2.75) is 195 Å². The van der Waals surface area contributed by atoms with Crippen molar-refractivity contribution in [2.75, 3.05) is 36.0 Å². The van der Waals surface area contributed by atoms with Crippen LogP contribution in [0.4, 0.5) is 11.4 Å². The second-order valence-electron chi connectivity index (χ2n) is 16.4. The van der Waals surface area contributed by atoms with E-state index in [9.17, 15) is 4.79 Å². The maximum atomic E-state index is 13.6. The third-order valence-corrected chi connectivity index (χ3v) is 11.6. The van der Waals surface area contributed by atoms with Crippen molar-refractivity contribution in [1.82, 2.24) is 0 Å². The van der Waals surface area contributed by atoms with E-state index in [2.05, 4.69) is 98.2 Å². The van der Waals surface area contributed by atoms with Crippen LogP contribution >= 0.6 is 0 Å². The van der Waals surface area contributed by atoms with Gasteiger partial charge in [0.15, 0.2) is 5.78 Å². The highest BCUT2D eigenvalue weighted by Crippen LogP contribution is 2.31. The van der Waals surface area contributed by atoms with Gasteiger partial charge in [-0.15, -0.1) is 0 Å². The van der Waals surface area contributed by atoms with Gasteiger partial charge in [0.25, 0.3) is 0 Å². The summed E-state index contributed by atoms with van der Waals surface area (Å²) in [5, 5.41) is 0. The third-order valence-electron chi connectivity index (χ3n) is 11.6. The predicted molar refractivity (Wildman–Crippen MR) is 241 cm³/mol. The summed E-state index contributed by atoms with van der Waals surface area (Å²) in [6.45, 7) is 13.7. The van der Waals surface area contributed by atoms with Crippen LogP contribution in [0.3, 0.4) is 0 Å². The number of unbranched alkanes of at least 4 members (excludes halogenated alkanes) is 20. The van der Waals surface area contributed by atoms with E-state index in [1.54, 1.807) is 0 Å². The molecule has 0 aliphatic heterocycles. The van der Waals surface area contributed by atoms with Gasteiger partial charge >= 0.3 is 0 Å². The molecule has 1 aliphatic carbocycles. The molecule has 1 aliphatic rings. The minimum absolute atomic E-state index is 0.226. The molecular formula is C51H82N2O. The fourth-order valence-corrected chi connectivity index (χ4v) is 8.02. The molecule has 302 valence electrons. The van der Waals surface area contributed by atoms with Crippen LogP contribution in [0, 0.1) is 0 Å². The molecule has 0 atom stereocenters. The van der Waals surface area contributed by atoms with Gasteiger partial charge in [-0.2, -0.15) is 0 Å². The maximum Gasteiger partial charge on any atom is 0.185 e. The van der Waals surface area contributed by atoms with Gasteiger partial charge in [-0.1, -0.05) is 180 Å². The lowest BCUT2D eigenvalue weighted by atomic mass is 10.1. The van der Waals surface area contributed by atoms with Gasteiger partial charge in [-0.25, -0.2) is 0 Å². The van der Waals surface area contributed by atoms with E-state index in [0.717, 1.165) is 61.3 Å². The molecule has 3 heteroatoms. The molecular weight excluding hydrogens is 657 g/mol. The number of carbonyl (C=O) groups excluding carboxylic acids is 1. The Bertz CT molecular complexity index is 1160. The van der Waals surface area contributed by atoms with Gasteiger partial charge in [-0.05, 0) is 86.1 Å². The zero-order valence-corrected chi connectivity index (χ0v) is 35.8. The fraction of sp³-hybridized carbons (Fsp3) is 0.667. The van der Waals surface area contributed by atoms with E-state index in [1.807, 2.05) is 0 Å². The first-order valence-electron chi connectivity index (χ1n) is 23.2. The van der Waals surface area contributed by atoms with Gasteiger partial charge < -0.3 is 9.80 Å². The lowest BCUT2D eigenvalue weighted by Gasteiger charge is -2.25. The van der Waals surface area contributed by atoms with Crippen molar-refractivity contribution >= 4 is 29.3 Å². The normalized spacial score (nSPS) is 14.5. The van der Waals surface area contributed by atoms with E-state index in [4.69, 9.17) is 0 Å². The molecule has 0 N–H and O–H groups in total. The second-order valence-corrected chi connectivity index (χ2v) is 16.4. The summed E-state index contributed by atoms with van der Waals surface area (Å²) in [6.07, 6.45) is 38.0. The molecule has 0 heterocycles. The molecule has 0 amide bonds. The number of carbonyl (C=O) groups is 1. The first-order chi connectivity index (χ1) is 26.6. The van der Waals surface area contributed by atoms with Crippen LogP contribution < -0.4 is 9.80 Å². The molecule has 0 unspecified atom stereocenters. The highest BCUT2D eigenvalue weighted by atomic mass is 16.1. The Morgan fingerprint density at radius 3 is 0.926 bits per heavy atom. The standard InChI is InChI=1S/C51H82N2O/c1-5-9-13-17-21-25-39-52(40-26-22-18-14-10-6-2)49-35-29-45(30-36-49)43-47-33-34-48(51(47)54)44-46-31-37-50(38-32-46)53(41-27-23-19-15-11-7-3)42-28-24-20-16-12-8-4/h29-32,35-38,43-44H,5-28,33-34,39-42H2,1-4H3/b47-43+,48-44+. The molecule has 1 fully saturated rings. The van der Waals surface area contributed by atoms with E-state index in [-0.39, 0.29) is 5.78 Å². The second kappa shape index (κ2) is 29.5. The van der Waals surface area contributed by atoms with Crippen LogP contribution in [0.25, 0.3) is 12.2 Å². The number of nitrogens with zero attached hydrogens (tertiary/aromatic N) is 2. The lowest BCUT2D eigenvalue weighted by Crippen LogP contribution is -2.25. The summed E-state index contributed by atoms with van der Waals surface area (Å²) in [5.41, 5.74) is 6.85. The van der Waals surface area contributed by atoms with E-state index < -0.39 is 0 Å². The molecule has 54 heavy (non-hydrogen) atoms. The zero-order chi connectivity index (χ0) is 38.5. The molecule has 0 saturated heterocycles. The Hall–Kier alpha value is -2.81. The summed E-state index contributed by atoms with van der Waals surface area (Å²) < 4.78 is 0. The number of ketones is 1. The Morgan fingerprint density at radius 1 is 0.389 bits per heavy atom. The van der Waals surface area contributed by atoms with Crippen molar-refractivity contribution in [3.63, 3.8) is 0 Å². The molecule has 3 nitrogen and oxygen atoms in total. The molecule has 0 radical (unpaired) electrons. The van der Waals surface area contributed by atoms with Crippen molar-refractivity contribution in [2.24, 2.45) is 0 Å². The quantitative estimate of drug-likeness (QED) is 0.0551. The maximum absolute atomic E-state index is 13.6. The average Bonchev–Trinajstić information content (AvgIpc) is 3.53. The summed E-state index contributed by atoms with van der Waals surface area (Å²) in [6, 6.07) is 18.1. The van der Waals surface area contributed by atoms with Gasteiger partial charge in [0.1, 0.15) is 0 Å². The van der Waals surface area contributed by atoms with Crippen molar-refractivity contribution < 1.29 is 4.79 Å². The number of allylic oxidation sites excluding steroid dienone is 2. The molecule has 3 rings (SSSR count). The summed E-state index contributed by atoms with van der Waals surface area (Å²) in [4.78, 5) is 18.8. The van der Waals surface area contributed by atoms with Crippen LogP contribution in [0.5, 0.6) is 0 Å². The topological polar surface area (TPSA) is 23.6 Å². The highest BCUT2D eigenvalue weighted by Gasteiger charge is 2.23. The molecule has 2 aromatic rings. The Kier molecular flexibility index (Phi) is 24.9. The fourth-order valence-electron chi connectivity index (χ4n) is 8.02. The minimum Gasteiger partial charge on any atom is -0.372 e. The SMILES string of the molecule is CCCCCCCCN(CCCCCCCC)c1ccc(/C=C2\CC/C(=C\c3ccc(N(CCCCCCCC)CCCCCCCC)cc3)C2=O)cc1. The monoisotopic (exact) mass is 739 g/mol. The first kappa shape index (κ1) is 45.6. The van der Waals surface area contributed by atoms with Crippen LogP contribution in [0.1, 0.15) is 206 Å². The summed E-state index contributed by atoms with van der Waals surface area (Å²) >= 11 is 0. The van der Waals surface area contributed by atoms with Crippen molar-refractivity contribution in [1.29, 1.82) is 0 Å². The highest BCUT2D eigenvalue weighted by molar-refractivity contribution is 6.15. The van der Waals surface area contributed by atoms with Crippen LogP contribution in [0.15, 0.2) is 59.7 Å². The van der Waals surface area contributed by atoms with Crippen LogP contribution in [0.2, 0.25) is 0 Å². The smallest absolute Gasteiger partial charge is 0.185 e. The molecule has 0 aromatic heterocycles. The van der Waals surface area contributed by atoms with Crippen LogP contribution in [-0.2, 0) is 4.79 Å². The molecule has 1 saturated carbocycles. The number of benzene rings is 2. The predicted octanol–water partition coefficient (Wildman–Crippen LogP) is 15.6. The van der Waals surface area contributed by atoms with E-state index in [1.165, 1.54) is 165 Å². The number of anilines is 2. The number of hydrogen-bond acceptors (Lipinski definition) is 3. The number of Topliss-reactive ketones (excluding diaryl/α,β-unsaturated/α-hetero) is 1. The van der Waals surface area contributed by atoms with Gasteiger partial charge in [0.2, 0.25) is 0 Å². The Balaban J connectivity index is 1.59. The number of hydrogen-bond donors (Lipinski definition) is 0. The number of rotatable bonds is 32. The summed E-state index contributed by atoms with van der Waals surface area (Å²) in [7, 11) is 0. The van der Waals surface area contributed by atoms with E-state index >= 15 is 0 Å². The lowest BCUT2D eigenvalue weighted by molar-refractivity contribution is -0.111. The van der Waals surface area contributed by atoms with Crippen LogP contribution in [-0.4, -0.2) is 32.0 Å². The zero-order valence-electron chi connectivity index (χ0n) is 35.8. The Morgan fingerprint density at radius 2 is 0.648 bits per heavy atom. The van der Waals surface area contributed by atoms with Gasteiger partial charge in [0.05, 0.1) is 0 Å². The first-order valence-corrected chi connectivity index (χ1v) is 23.2. The molecule has 0 spiro atoms. The third kappa shape index (κ3) is 18.7. The summed E-state index contributed by atoms with van der Waals surface area (Å²) in [5.74, 6) is 0.226. The molecule has 0 bridgehead atoms. The Labute approximate surface area is 334 Å². The van der Waals surface area contributed by atoms with E-state index in [0.29, 0.717) is 0 Å². The van der Waals surface area contributed by atoms with Gasteiger partial charge in [0, 0.05) is 48.7 Å². The van der Waals surface area contributed by atoms with Crippen molar-refractivity contribution in [3.05, 3.63) is 70.8 Å². The van der Waals surface area contributed by atoms with Crippen molar-refractivity contribution in [3.8, 4) is 0 Å². The largest absolute Gasteiger partial charge is 0.372 e. The average molecular weight is 739 g/mol. The molecule has 2 aromatic carbocycles. The minimum atomic E-state index is 0.226. The van der Waals surface area contributed by atoms with Gasteiger partial charge in [-0.3, -0.25) is 4.79 Å².